The summed E-state index contributed by atoms with van der Waals surface area (Å²) >= 11 is 0. The number of fused-ring (bicyclic) bond motifs is 1. The molecular weight excluding hydrogens is 464 g/mol. The minimum Gasteiger partial charge on any atom is -0.507 e. The highest BCUT2D eigenvalue weighted by molar-refractivity contribution is 6.03. The van der Waals surface area contributed by atoms with Gasteiger partial charge in [-0.3, -0.25) is 4.79 Å². The predicted octanol–water partition coefficient (Wildman–Crippen LogP) is 4.95. The zero-order valence-electron chi connectivity index (χ0n) is 20.7. The number of nitrogens with zero attached hydrogens (tertiary/aromatic N) is 1. The maximum absolute atomic E-state index is 13.0. The number of carboxylic acid groups (broad SMARTS) is 1. The molecule has 5 rings (SSSR count). The van der Waals surface area contributed by atoms with E-state index in [9.17, 15) is 19.8 Å². The molecule has 36 heavy (non-hydrogen) atoms. The molecule has 0 radical (unpaired) electrons. The number of benzene rings is 1. The van der Waals surface area contributed by atoms with Crippen LogP contribution < -0.4 is 0 Å². The number of H-pyrrole nitrogens is 1. The number of phenols is 1. The predicted molar refractivity (Wildman–Crippen MR) is 130 cm³/mol. The van der Waals surface area contributed by atoms with E-state index in [1.165, 1.54) is 12.1 Å². The number of aromatic amines is 1. The molecule has 2 aliphatic rings. The van der Waals surface area contributed by atoms with E-state index in [1.54, 1.807) is 12.3 Å². The van der Waals surface area contributed by atoms with Crippen LogP contribution >= 0.6 is 0 Å². The molecule has 0 aliphatic carbocycles. The Kier molecular flexibility index (Phi) is 6.38. The summed E-state index contributed by atoms with van der Waals surface area (Å²) in [6.45, 7) is 6.14. The maximum Gasteiger partial charge on any atom is 0.341 e. The molecule has 2 aliphatic heterocycles. The Morgan fingerprint density at radius 1 is 1.17 bits per heavy atom. The fourth-order valence-corrected chi connectivity index (χ4v) is 5.61. The van der Waals surface area contributed by atoms with Crippen molar-refractivity contribution in [1.82, 2.24) is 9.97 Å². The lowest BCUT2D eigenvalue weighted by Crippen LogP contribution is -2.54. The van der Waals surface area contributed by atoms with Crippen LogP contribution in [0.1, 0.15) is 73.2 Å². The number of ether oxygens (including phenoxy) is 2. The van der Waals surface area contributed by atoms with Gasteiger partial charge in [0, 0.05) is 25.0 Å². The van der Waals surface area contributed by atoms with Crippen molar-refractivity contribution in [3.63, 3.8) is 0 Å². The number of hydrogen-bond donors (Lipinski definition) is 3. The van der Waals surface area contributed by atoms with E-state index in [0.717, 1.165) is 25.7 Å². The molecule has 4 heterocycles. The summed E-state index contributed by atoms with van der Waals surface area (Å²) in [7, 11) is 0. The Balaban J connectivity index is 1.35. The maximum atomic E-state index is 13.0. The van der Waals surface area contributed by atoms with E-state index in [2.05, 4.69) is 23.8 Å². The lowest BCUT2D eigenvalue weighted by atomic mass is 9.80. The summed E-state index contributed by atoms with van der Waals surface area (Å²) in [4.78, 5) is 32.0. The number of aromatic carboxylic acids is 1. The van der Waals surface area contributed by atoms with Crippen molar-refractivity contribution in [3.05, 3.63) is 47.6 Å². The van der Waals surface area contributed by atoms with Crippen molar-refractivity contribution in [2.24, 2.45) is 17.8 Å². The largest absolute Gasteiger partial charge is 0.507 e. The van der Waals surface area contributed by atoms with E-state index in [1.807, 2.05) is 13.0 Å². The number of aromatic nitrogens is 2. The Bertz CT molecular complexity index is 1260. The third-order valence-corrected chi connectivity index (χ3v) is 7.82. The SMILES string of the molecule is CC1CCC2(CC[C@@H](C)C(Cc3nc4c(C(=O)O)c(O)ccc4o3)O2)OC1C(C)C(=O)c1ccc[nH]1. The van der Waals surface area contributed by atoms with Crippen LogP contribution in [0, 0.1) is 17.8 Å². The first-order valence-corrected chi connectivity index (χ1v) is 12.6. The molecule has 1 aromatic carbocycles. The number of nitrogens with one attached hydrogen (secondary N) is 1. The summed E-state index contributed by atoms with van der Waals surface area (Å²) in [5, 5.41) is 19.5. The topological polar surface area (TPSA) is 135 Å². The minimum atomic E-state index is -1.27. The molecular formula is C27H32N2O7. The second-order valence-corrected chi connectivity index (χ2v) is 10.3. The van der Waals surface area contributed by atoms with Crippen molar-refractivity contribution < 1.29 is 33.7 Å². The van der Waals surface area contributed by atoms with Crippen LogP contribution in [0.3, 0.4) is 0 Å². The van der Waals surface area contributed by atoms with E-state index in [4.69, 9.17) is 13.9 Å². The van der Waals surface area contributed by atoms with Crippen molar-refractivity contribution >= 4 is 22.9 Å². The zero-order valence-corrected chi connectivity index (χ0v) is 20.7. The lowest BCUT2D eigenvalue weighted by molar-refractivity contribution is -0.334. The summed E-state index contributed by atoms with van der Waals surface area (Å²) in [6.07, 6.45) is 4.81. The van der Waals surface area contributed by atoms with E-state index >= 15 is 0 Å². The van der Waals surface area contributed by atoms with E-state index in [-0.39, 0.29) is 52.6 Å². The molecule has 3 N–H and O–H groups in total. The molecule has 2 saturated heterocycles. The number of carbonyl (C=O) groups is 2. The van der Waals surface area contributed by atoms with Gasteiger partial charge in [-0.25, -0.2) is 9.78 Å². The Morgan fingerprint density at radius 3 is 2.61 bits per heavy atom. The molecule has 2 aromatic heterocycles. The number of carbonyl (C=O) groups excluding carboxylic acids is 1. The first kappa shape index (κ1) is 24.5. The van der Waals surface area contributed by atoms with Crippen molar-refractivity contribution in [1.29, 1.82) is 0 Å². The lowest BCUT2D eigenvalue weighted by Gasteiger charge is -2.50. The van der Waals surface area contributed by atoms with Gasteiger partial charge >= 0.3 is 5.97 Å². The van der Waals surface area contributed by atoms with Crippen LogP contribution in [0.5, 0.6) is 5.75 Å². The highest BCUT2D eigenvalue weighted by Gasteiger charge is 2.49. The van der Waals surface area contributed by atoms with Crippen molar-refractivity contribution in [2.45, 2.75) is 70.9 Å². The summed E-state index contributed by atoms with van der Waals surface area (Å²) in [6, 6.07) is 6.41. The van der Waals surface area contributed by atoms with Crippen molar-refractivity contribution in [2.75, 3.05) is 0 Å². The molecule has 0 saturated carbocycles. The summed E-state index contributed by atoms with van der Waals surface area (Å²) in [5.74, 6) is -1.93. The third kappa shape index (κ3) is 4.41. The highest BCUT2D eigenvalue weighted by Crippen LogP contribution is 2.45. The summed E-state index contributed by atoms with van der Waals surface area (Å²) in [5.41, 5.74) is 0.731. The molecule has 0 bridgehead atoms. The number of Topliss-reactive ketones (excluding diaryl/α,β-unsaturated/α-hetero) is 1. The van der Waals surface area contributed by atoms with Gasteiger partial charge in [0.25, 0.3) is 0 Å². The normalized spacial score (nSPS) is 29.4. The molecule has 2 fully saturated rings. The fourth-order valence-electron chi connectivity index (χ4n) is 5.61. The number of rotatable bonds is 6. The van der Waals surface area contributed by atoms with Gasteiger partial charge in [0.15, 0.2) is 23.0 Å². The van der Waals surface area contributed by atoms with Crippen LogP contribution in [0.25, 0.3) is 11.1 Å². The van der Waals surface area contributed by atoms with Gasteiger partial charge in [-0.15, -0.1) is 0 Å². The van der Waals surface area contributed by atoms with Gasteiger partial charge < -0.3 is 29.1 Å². The molecule has 9 nitrogen and oxygen atoms in total. The van der Waals surface area contributed by atoms with Gasteiger partial charge in [0.1, 0.15) is 16.8 Å². The van der Waals surface area contributed by atoms with Gasteiger partial charge in [-0.2, -0.15) is 0 Å². The van der Waals surface area contributed by atoms with Gasteiger partial charge in [0.2, 0.25) is 0 Å². The number of aromatic hydroxyl groups is 1. The number of ketones is 1. The van der Waals surface area contributed by atoms with Crippen LogP contribution in [-0.2, 0) is 15.9 Å². The number of hydrogen-bond acceptors (Lipinski definition) is 7. The van der Waals surface area contributed by atoms with Crippen LogP contribution in [-0.4, -0.2) is 49.9 Å². The first-order chi connectivity index (χ1) is 17.2. The average molecular weight is 497 g/mol. The molecule has 1 spiro atoms. The highest BCUT2D eigenvalue weighted by atomic mass is 16.7. The van der Waals surface area contributed by atoms with Crippen LogP contribution in [0.4, 0.5) is 0 Å². The van der Waals surface area contributed by atoms with E-state index in [0.29, 0.717) is 23.6 Å². The Labute approximate surface area is 208 Å². The average Bonchev–Trinajstić information content (AvgIpc) is 3.52. The number of oxazole rings is 1. The molecule has 9 heteroatoms. The zero-order chi connectivity index (χ0) is 25.6. The molecule has 3 aromatic rings. The first-order valence-electron chi connectivity index (χ1n) is 12.6. The molecule has 6 atom stereocenters. The van der Waals surface area contributed by atoms with Crippen LogP contribution in [0.15, 0.2) is 34.9 Å². The molecule has 5 unspecified atom stereocenters. The van der Waals surface area contributed by atoms with Crippen LogP contribution in [0.2, 0.25) is 0 Å². The van der Waals surface area contributed by atoms with E-state index < -0.39 is 11.8 Å². The smallest absolute Gasteiger partial charge is 0.341 e. The Hall–Kier alpha value is -3.17. The molecule has 192 valence electrons. The summed E-state index contributed by atoms with van der Waals surface area (Å²) < 4.78 is 19.1. The van der Waals surface area contributed by atoms with Gasteiger partial charge in [-0.1, -0.05) is 20.8 Å². The van der Waals surface area contributed by atoms with Gasteiger partial charge in [-0.05, 0) is 48.9 Å². The second kappa shape index (κ2) is 9.37. The quantitative estimate of drug-likeness (QED) is 0.408. The monoisotopic (exact) mass is 496 g/mol. The Morgan fingerprint density at radius 2 is 1.92 bits per heavy atom. The second-order valence-electron chi connectivity index (χ2n) is 10.3. The minimum absolute atomic E-state index is 0.0265. The third-order valence-electron chi connectivity index (χ3n) is 7.82. The van der Waals surface area contributed by atoms with Crippen molar-refractivity contribution in [3.8, 4) is 5.75 Å². The van der Waals surface area contributed by atoms with Gasteiger partial charge in [0.05, 0.1) is 24.3 Å². The molecule has 0 amide bonds. The standard InChI is InChI=1S/C27H32N2O7/c1-14-8-10-27(11-9-15(2)25(36-27)16(3)24(31)17-5-4-12-28-17)35-20(14)13-21-29-23-19(34-21)7-6-18(30)22(23)26(32)33/h4-7,12,14-16,20,25,28,30H,8-11,13H2,1-3H3,(H,32,33)/t14-,15?,16?,20?,25?,27?/m1/s1. The fraction of sp³-hybridized carbons (Fsp3) is 0.519. The number of carboxylic acids is 1.